The van der Waals surface area contributed by atoms with Gasteiger partial charge in [-0.05, 0) is 19.3 Å². The summed E-state index contributed by atoms with van der Waals surface area (Å²) in [5.74, 6) is -1.10. The number of methoxy groups -OCH3 is 1. The average Bonchev–Trinajstić information content (AvgIpc) is 2.43. The molecule has 0 aliphatic carbocycles. The van der Waals surface area contributed by atoms with Gasteiger partial charge in [-0.2, -0.15) is 17.0 Å². The number of carbonyl (C=O) groups is 1. The zero-order valence-corrected chi connectivity index (χ0v) is 12.5. The topological polar surface area (TPSA) is 87.2 Å². The Kier molecular flexibility index (Phi) is 6.60. The summed E-state index contributed by atoms with van der Waals surface area (Å²) in [6, 6.07) is -0.983. The summed E-state index contributed by atoms with van der Waals surface area (Å²) in [5.41, 5.74) is 0. The molecule has 7 nitrogen and oxygen atoms in total. The zero-order chi connectivity index (χ0) is 15.2. The number of rotatable bonds is 8. The molecule has 1 fully saturated rings. The van der Waals surface area contributed by atoms with Gasteiger partial charge in [-0.3, -0.25) is 4.79 Å². The zero-order valence-electron chi connectivity index (χ0n) is 11.7. The van der Waals surface area contributed by atoms with Crippen molar-refractivity contribution in [1.29, 1.82) is 0 Å². The van der Waals surface area contributed by atoms with E-state index in [2.05, 4.69) is 6.58 Å². The first kappa shape index (κ1) is 17.1. The van der Waals surface area contributed by atoms with Crippen LogP contribution < -0.4 is 0 Å². The van der Waals surface area contributed by atoms with Crippen molar-refractivity contribution in [2.24, 2.45) is 0 Å². The lowest BCUT2D eigenvalue weighted by atomic mass is 10.1. The second-order valence-corrected chi connectivity index (χ2v) is 6.49. The van der Waals surface area contributed by atoms with Crippen molar-refractivity contribution in [2.45, 2.75) is 25.3 Å². The van der Waals surface area contributed by atoms with E-state index in [0.717, 1.165) is 10.7 Å². The van der Waals surface area contributed by atoms with E-state index in [4.69, 9.17) is 4.74 Å². The summed E-state index contributed by atoms with van der Waals surface area (Å²) in [5, 5.41) is 9.19. The summed E-state index contributed by atoms with van der Waals surface area (Å²) in [6.45, 7) is 4.33. The van der Waals surface area contributed by atoms with Crippen LogP contribution in [0.1, 0.15) is 19.3 Å². The molecule has 0 saturated carbocycles. The Hall–Kier alpha value is -0.960. The van der Waals surface area contributed by atoms with E-state index in [9.17, 15) is 18.3 Å². The lowest BCUT2D eigenvalue weighted by Crippen LogP contribution is -2.53. The highest BCUT2D eigenvalue weighted by Gasteiger charge is 2.39. The molecular weight excluding hydrogens is 284 g/mol. The van der Waals surface area contributed by atoms with E-state index in [1.807, 2.05) is 0 Å². The van der Waals surface area contributed by atoms with Crippen LogP contribution in [0.15, 0.2) is 12.7 Å². The van der Waals surface area contributed by atoms with Crippen LogP contribution in [0.25, 0.3) is 0 Å². The third kappa shape index (κ3) is 4.02. The van der Waals surface area contributed by atoms with Gasteiger partial charge in [0.15, 0.2) is 0 Å². The van der Waals surface area contributed by atoms with Crippen LogP contribution in [-0.4, -0.2) is 67.5 Å². The summed E-state index contributed by atoms with van der Waals surface area (Å²) >= 11 is 0. The maximum absolute atomic E-state index is 12.6. The van der Waals surface area contributed by atoms with Crippen molar-refractivity contribution < 1.29 is 23.1 Å². The Balaban J connectivity index is 2.96. The number of hydrogen-bond donors (Lipinski definition) is 1. The van der Waals surface area contributed by atoms with Crippen LogP contribution in [0.4, 0.5) is 0 Å². The van der Waals surface area contributed by atoms with Crippen molar-refractivity contribution >= 4 is 16.2 Å². The third-order valence-electron chi connectivity index (χ3n) is 3.24. The number of carboxylic acids is 1. The maximum Gasteiger partial charge on any atom is 0.322 e. The Morgan fingerprint density at radius 1 is 1.55 bits per heavy atom. The first-order valence-corrected chi connectivity index (χ1v) is 7.94. The molecule has 8 heteroatoms. The van der Waals surface area contributed by atoms with Gasteiger partial charge in [0.25, 0.3) is 10.2 Å². The number of piperidine rings is 1. The van der Waals surface area contributed by atoms with Gasteiger partial charge in [-0.15, -0.1) is 6.58 Å². The second kappa shape index (κ2) is 7.72. The van der Waals surface area contributed by atoms with Crippen molar-refractivity contribution in [3.05, 3.63) is 12.7 Å². The molecule has 1 heterocycles. The van der Waals surface area contributed by atoms with Gasteiger partial charge in [0, 0.05) is 26.7 Å². The van der Waals surface area contributed by atoms with E-state index in [1.54, 1.807) is 0 Å². The van der Waals surface area contributed by atoms with E-state index < -0.39 is 22.2 Å². The van der Waals surface area contributed by atoms with Gasteiger partial charge in [0.05, 0.1) is 6.61 Å². The molecule has 0 bridgehead atoms. The fourth-order valence-electron chi connectivity index (χ4n) is 2.21. The van der Waals surface area contributed by atoms with Crippen LogP contribution in [-0.2, 0) is 19.7 Å². The Morgan fingerprint density at radius 3 is 2.80 bits per heavy atom. The quantitative estimate of drug-likeness (QED) is 0.652. The molecular formula is C12H22N2O5S. The van der Waals surface area contributed by atoms with Crippen molar-refractivity contribution in [1.82, 2.24) is 8.61 Å². The Morgan fingerprint density at radius 2 is 2.25 bits per heavy atom. The normalized spacial score (nSPS) is 21.0. The third-order valence-corrected chi connectivity index (χ3v) is 5.25. The molecule has 1 aliphatic rings. The van der Waals surface area contributed by atoms with Crippen LogP contribution in [0.3, 0.4) is 0 Å². The van der Waals surface area contributed by atoms with E-state index in [0.29, 0.717) is 12.8 Å². The Labute approximate surface area is 120 Å². The number of nitrogens with zero attached hydrogens (tertiary/aromatic N) is 2. The minimum atomic E-state index is -3.82. The SMILES string of the molecule is C=CCN(CCOC)S(=O)(=O)N1CCCCC1C(=O)O. The lowest BCUT2D eigenvalue weighted by molar-refractivity contribution is -0.142. The molecule has 0 amide bonds. The van der Waals surface area contributed by atoms with Crippen LogP contribution >= 0.6 is 0 Å². The first-order chi connectivity index (χ1) is 9.45. The summed E-state index contributed by atoms with van der Waals surface area (Å²) in [4.78, 5) is 11.2. The van der Waals surface area contributed by atoms with Gasteiger partial charge in [-0.25, -0.2) is 0 Å². The number of hydrogen-bond acceptors (Lipinski definition) is 4. The standard InChI is InChI=1S/C12H22N2O5S/c1-3-7-13(9-10-19-2)20(17,18)14-8-5-4-6-11(14)12(15)16/h3,11H,1,4-10H2,2H3,(H,15,16). The monoisotopic (exact) mass is 306 g/mol. The molecule has 0 aromatic carbocycles. The highest BCUT2D eigenvalue weighted by Crippen LogP contribution is 2.22. The molecule has 1 unspecified atom stereocenters. The summed E-state index contributed by atoms with van der Waals surface area (Å²) < 4.78 is 32.3. The average molecular weight is 306 g/mol. The van der Waals surface area contributed by atoms with Gasteiger partial charge in [-0.1, -0.05) is 6.08 Å². The minimum absolute atomic E-state index is 0.133. The van der Waals surface area contributed by atoms with Gasteiger partial charge >= 0.3 is 5.97 Å². The van der Waals surface area contributed by atoms with Crippen molar-refractivity contribution in [2.75, 3.05) is 33.4 Å². The number of ether oxygens (including phenoxy) is 1. The predicted octanol–water partition coefficient (Wildman–Crippen LogP) is 0.305. The van der Waals surface area contributed by atoms with Crippen LogP contribution in [0.5, 0.6) is 0 Å². The number of carboxylic acid groups (broad SMARTS) is 1. The predicted molar refractivity (Wildman–Crippen MR) is 74.5 cm³/mol. The summed E-state index contributed by atoms with van der Waals surface area (Å²) in [6.07, 6.45) is 3.23. The smallest absolute Gasteiger partial charge is 0.322 e. The highest BCUT2D eigenvalue weighted by atomic mass is 32.2. The maximum atomic E-state index is 12.6. The second-order valence-electron chi connectivity index (χ2n) is 4.61. The molecule has 116 valence electrons. The molecule has 1 aliphatic heterocycles. The Bertz CT molecular complexity index is 437. The van der Waals surface area contributed by atoms with Gasteiger partial charge in [0.1, 0.15) is 6.04 Å². The molecule has 0 aromatic rings. The largest absolute Gasteiger partial charge is 0.480 e. The van der Waals surface area contributed by atoms with Crippen molar-refractivity contribution in [3.63, 3.8) is 0 Å². The van der Waals surface area contributed by atoms with Crippen LogP contribution in [0, 0.1) is 0 Å². The molecule has 1 atom stereocenters. The first-order valence-electron chi connectivity index (χ1n) is 6.54. The van der Waals surface area contributed by atoms with E-state index in [1.165, 1.54) is 17.5 Å². The van der Waals surface area contributed by atoms with Gasteiger partial charge < -0.3 is 9.84 Å². The fourth-order valence-corrected chi connectivity index (χ4v) is 3.99. The molecule has 20 heavy (non-hydrogen) atoms. The molecule has 0 radical (unpaired) electrons. The van der Waals surface area contributed by atoms with E-state index >= 15 is 0 Å². The molecule has 0 spiro atoms. The highest BCUT2D eigenvalue weighted by molar-refractivity contribution is 7.86. The van der Waals surface area contributed by atoms with Crippen LogP contribution in [0.2, 0.25) is 0 Å². The molecule has 1 rings (SSSR count). The minimum Gasteiger partial charge on any atom is -0.480 e. The molecule has 1 saturated heterocycles. The fraction of sp³-hybridized carbons (Fsp3) is 0.750. The van der Waals surface area contributed by atoms with E-state index in [-0.39, 0.29) is 26.2 Å². The van der Waals surface area contributed by atoms with Crippen molar-refractivity contribution in [3.8, 4) is 0 Å². The van der Waals surface area contributed by atoms with Gasteiger partial charge in [0.2, 0.25) is 0 Å². The summed E-state index contributed by atoms with van der Waals surface area (Å²) in [7, 11) is -2.33. The number of aliphatic carboxylic acids is 1. The molecule has 1 N–H and O–H groups in total. The molecule has 0 aromatic heterocycles. The lowest BCUT2D eigenvalue weighted by Gasteiger charge is -2.35.